The minimum Gasteiger partial charge on any atom is -0.481 e. The summed E-state index contributed by atoms with van der Waals surface area (Å²) in [5.41, 5.74) is -0.414. The monoisotopic (exact) mass is 706 g/mol. The molecule has 3 aromatic rings. The van der Waals surface area contributed by atoms with Gasteiger partial charge in [-0.05, 0) is 88.2 Å². The van der Waals surface area contributed by atoms with E-state index in [0.29, 0.717) is 13.0 Å². The highest BCUT2D eigenvalue weighted by Crippen LogP contribution is 2.60. The molecule has 5 rings (SSSR count). The molecule has 5 atom stereocenters. The Hall–Kier alpha value is -3.86. The third-order valence-electron chi connectivity index (χ3n) is 11.9. The second-order valence-corrected chi connectivity index (χ2v) is 14.2. The van der Waals surface area contributed by atoms with Crippen LogP contribution in [0.25, 0.3) is 0 Å². The summed E-state index contributed by atoms with van der Waals surface area (Å²) in [7, 11) is 0. The summed E-state index contributed by atoms with van der Waals surface area (Å²) < 4.78 is 38.0. The quantitative estimate of drug-likeness (QED) is 0.131. The number of benzene rings is 3. The van der Waals surface area contributed by atoms with E-state index in [0.717, 1.165) is 38.9 Å². The highest BCUT2D eigenvalue weighted by molar-refractivity contribution is 5.84. The van der Waals surface area contributed by atoms with Crippen molar-refractivity contribution in [1.29, 1.82) is 0 Å². The molecule has 0 saturated carbocycles. The number of nitrogens with one attached hydrogen (secondary N) is 1. The van der Waals surface area contributed by atoms with Gasteiger partial charge in [0.1, 0.15) is 5.75 Å². The van der Waals surface area contributed by atoms with Crippen LogP contribution in [0.3, 0.4) is 0 Å². The van der Waals surface area contributed by atoms with Crippen LogP contribution in [0.2, 0.25) is 0 Å². The van der Waals surface area contributed by atoms with Gasteiger partial charge in [-0.3, -0.25) is 9.59 Å². The van der Waals surface area contributed by atoms with Gasteiger partial charge in [0.15, 0.2) is 0 Å². The highest BCUT2D eigenvalue weighted by Gasteiger charge is 2.66. The van der Waals surface area contributed by atoms with Gasteiger partial charge in [-0.1, -0.05) is 85.8 Å². The molecular weight excluding hydrogens is 654 g/mol. The van der Waals surface area contributed by atoms with Crippen molar-refractivity contribution in [3.05, 3.63) is 102 Å². The van der Waals surface area contributed by atoms with Gasteiger partial charge in [-0.2, -0.15) is 8.78 Å². The van der Waals surface area contributed by atoms with Crippen LogP contribution in [0.15, 0.2) is 84.9 Å². The number of aliphatic carboxylic acids is 2. The summed E-state index contributed by atoms with van der Waals surface area (Å²) in [5, 5.41) is 25.0. The Balaban J connectivity index is 1.23. The molecule has 10 heteroatoms. The fourth-order valence-corrected chi connectivity index (χ4v) is 9.23. The largest absolute Gasteiger partial charge is 0.481 e. The van der Waals surface area contributed by atoms with Gasteiger partial charge in [-0.15, -0.1) is 0 Å². The summed E-state index contributed by atoms with van der Waals surface area (Å²) in [6.45, 7) is 5.62. The molecule has 4 unspecified atom stereocenters. The van der Waals surface area contributed by atoms with Crippen LogP contribution in [-0.4, -0.2) is 78.6 Å². The summed E-state index contributed by atoms with van der Waals surface area (Å²) in [6, 6.07) is 26.2. The van der Waals surface area contributed by atoms with E-state index in [1.54, 1.807) is 26.8 Å². The summed E-state index contributed by atoms with van der Waals surface area (Å²) in [4.78, 5) is 29.1. The molecule has 276 valence electrons. The van der Waals surface area contributed by atoms with Crippen molar-refractivity contribution >= 4 is 11.9 Å². The molecule has 0 spiro atoms. The number of rotatable bonds is 16. The molecule has 51 heavy (non-hydrogen) atoms. The predicted octanol–water partition coefficient (Wildman–Crippen LogP) is 7.57. The maximum absolute atomic E-state index is 13.6. The summed E-state index contributed by atoms with van der Waals surface area (Å²) in [6.07, 6.45) is 3.37. The van der Waals surface area contributed by atoms with E-state index in [-0.39, 0.29) is 36.2 Å². The van der Waals surface area contributed by atoms with Crippen molar-refractivity contribution in [1.82, 2.24) is 10.2 Å². The second-order valence-electron chi connectivity index (χ2n) is 14.2. The van der Waals surface area contributed by atoms with Crippen LogP contribution in [0, 0.1) is 10.8 Å². The van der Waals surface area contributed by atoms with E-state index in [1.165, 1.54) is 29.3 Å². The number of carboxylic acid groups (broad SMARTS) is 2. The lowest BCUT2D eigenvalue weighted by Gasteiger charge is -2.57. The molecule has 0 aromatic heterocycles. The molecule has 2 saturated heterocycles. The number of hydrogen-bond acceptors (Lipinski definition) is 6. The third kappa shape index (κ3) is 7.55. The average Bonchev–Trinajstić information content (AvgIpc) is 3.12. The first-order valence-corrected chi connectivity index (χ1v) is 18.2. The topological polar surface area (TPSA) is 108 Å². The summed E-state index contributed by atoms with van der Waals surface area (Å²) in [5.74, 6) is -3.73. The lowest BCUT2D eigenvalue weighted by molar-refractivity contribution is -0.174. The Morgan fingerprint density at radius 3 is 1.90 bits per heavy atom. The number of nitrogens with zero attached hydrogens (tertiary/aromatic N) is 1. The number of halogens is 2. The lowest BCUT2D eigenvalue weighted by Crippen LogP contribution is -2.69. The first-order valence-electron chi connectivity index (χ1n) is 18.2. The van der Waals surface area contributed by atoms with Crippen LogP contribution in [-0.2, 0) is 19.7 Å². The zero-order valence-electron chi connectivity index (χ0n) is 29.9. The number of hydrogen-bond donors (Lipinski definition) is 3. The van der Waals surface area contributed by atoms with Crippen molar-refractivity contribution < 1.29 is 38.1 Å². The maximum Gasteiger partial charge on any atom is 0.387 e. The van der Waals surface area contributed by atoms with Gasteiger partial charge in [0.25, 0.3) is 0 Å². The predicted molar refractivity (Wildman–Crippen MR) is 192 cm³/mol. The Morgan fingerprint density at radius 1 is 0.824 bits per heavy atom. The Bertz CT molecular complexity index is 1540. The molecular formula is C41H52F2N2O6. The number of likely N-dealkylation sites (tertiary alicyclic amines) is 1. The Morgan fingerprint density at radius 2 is 1.35 bits per heavy atom. The SMILES string of the molecule is CCC1(C(=O)O)C(C)NC(C)C(CCCOCCCN2CCC(c3ccccc3)(c3ccccc3)CC2)(C(=O)O)[C@@H]1c1ccccc1OC(F)F. The number of carbonyl (C=O) groups is 2. The highest BCUT2D eigenvalue weighted by atomic mass is 19.3. The Kier molecular flexibility index (Phi) is 12.5. The third-order valence-corrected chi connectivity index (χ3v) is 11.9. The fraction of sp³-hybridized carbons (Fsp3) is 0.512. The van der Waals surface area contributed by atoms with E-state index in [1.807, 2.05) is 0 Å². The van der Waals surface area contributed by atoms with Crippen LogP contribution < -0.4 is 10.1 Å². The van der Waals surface area contributed by atoms with Crippen LogP contribution in [0.5, 0.6) is 5.75 Å². The number of piperidine rings is 2. The van der Waals surface area contributed by atoms with Gasteiger partial charge in [-0.25, -0.2) is 0 Å². The Labute approximate surface area is 300 Å². The molecule has 2 fully saturated rings. The van der Waals surface area contributed by atoms with E-state index < -0.39 is 47.4 Å². The number of para-hydroxylation sites is 1. The maximum atomic E-state index is 13.6. The molecule has 3 N–H and O–H groups in total. The average molecular weight is 707 g/mol. The molecule has 3 aromatic carbocycles. The van der Waals surface area contributed by atoms with Crippen LogP contribution in [0.4, 0.5) is 8.78 Å². The van der Waals surface area contributed by atoms with Gasteiger partial charge in [0.2, 0.25) is 0 Å². The minimum absolute atomic E-state index is 0.0154. The molecule has 0 aliphatic carbocycles. The van der Waals surface area contributed by atoms with Crippen LogP contribution >= 0.6 is 0 Å². The minimum atomic E-state index is -3.16. The standard InChI is InChI=1S/C41H52F2N2O6/c1-4-40(36(46)47)29(2)44-30(3)41(37(48)49,35(40)33-19-11-12-20-34(33)51-38(42)43)21-13-27-50-28-14-24-45-25-22-39(23-26-45,31-15-7-5-8-16-31)32-17-9-6-10-18-32/h5-12,15-20,29-30,35,38,44H,4,13-14,21-28H2,1-3H3,(H,46,47)(H,48,49)/t29?,30?,35-,40?,41?/m1/s1. The van der Waals surface area contributed by atoms with E-state index in [4.69, 9.17) is 9.47 Å². The van der Waals surface area contributed by atoms with Gasteiger partial charge >= 0.3 is 18.6 Å². The van der Waals surface area contributed by atoms with E-state index in [9.17, 15) is 28.6 Å². The van der Waals surface area contributed by atoms with Gasteiger partial charge in [0, 0.05) is 43.2 Å². The van der Waals surface area contributed by atoms with Gasteiger partial charge in [0.05, 0.1) is 10.8 Å². The number of carboxylic acids is 2. The van der Waals surface area contributed by atoms with Crippen molar-refractivity contribution in [3.8, 4) is 5.75 Å². The number of ether oxygens (including phenoxy) is 2. The lowest BCUT2D eigenvalue weighted by atomic mass is 9.49. The van der Waals surface area contributed by atoms with Gasteiger partial charge < -0.3 is 29.9 Å². The van der Waals surface area contributed by atoms with Crippen LogP contribution in [0.1, 0.15) is 81.9 Å². The molecule has 2 aliphatic rings. The molecule has 0 radical (unpaired) electrons. The number of alkyl halides is 2. The zero-order chi connectivity index (χ0) is 36.6. The molecule has 8 nitrogen and oxygen atoms in total. The van der Waals surface area contributed by atoms with Crippen molar-refractivity contribution in [2.75, 3.05) is 32.8 Å². The second kappa shape index (κ2) is 16.7. The zero-order valence-corrected chi connectivity index (χ0v) is 29.9. The normalized spacial score (nSPS) is 26.5. The van der Waals surface area contributed by atoms with Crippen molar-refractivity contribution in [2.24, 2.45) is 10.8 Å². The molecule has 0 amide bonds. The van der Waals surface area contributed by atoms with E-state index >= 15 is 0 Å². The fourth-order valence-electron chi connectivity index (χ4n) is 9.23. The first-order chi connectivity index (χ1) is 24.5. The smallest absolute Gasteiger partial charge is 0.387 e. The molecule has 0 bridgehead atoms. The van der Waals surface area contributed by atoms with E-state index in [2.05, 4.69) is 70.9 Å². The summed E-state index contributed by atoms with van der Waals surface area (Å²) >= 11 is 0. The van der Waals surface area contributed by atoms with Crippen molar-refractivity contribution in [3.63, 3.8) is 0 Å². The first kappa shape index (κ1) is 38.4. The van der Waals surface area contributed by atoms with Crippen molar-refractivity contribution in [2.45, 2.75) is 89.3 Å². The molecule has 2 heterocycles. The molecule has 2 aliphatic heterocycles.